The second-order valence-corrected chi connectivity index (χ2v) is 8.12. The van der Waals surface area contributed by atoms with Gasteiger partial charge in [0.05, 0.1) is 13.3 Å². The summed E-state index contributed by atoms with van der Waals surface area (Å²) in [6.45, 7) is 21.6. The molecule has 0 aromatic rings. The molecule has 3 aliphatic rings. The maximum atomic E-state index is 5.14. The predicted molar refractivity (Wildman–Crippen MR) is 105 cm³/mol. The Labute approximate surface area is 151 Å². The largest absolute Gasteiger partial charge is 0.365 e. The Bertz CT molecular complexity index is 242. The molecule has 144 valence electrons. The second kappa shape index (κ2) is 12.2. The highest BCUT2D eigenvalue weighted by molar-refractivity contribution is 4.69. The Kier molecular flexibility index (Phi) is 11.2. The Balaban J connectivity index is 0.000000180. The highest BCUT2D eigenvalue weighted by Crippen LogP contribution is 2.10. The van der Waals surface area contributed by atoms with Crippen molar-refractivity contribution >= 4 is 0 Å². The van der Waals surface area contributed by atoms with Crippen molar-refractivity contribution in [3.05, 3.63) is 0 Å². The van der Waals surface area contributed by atoms with Crippen LogP contribution >= 0.6 is 0 Å². The molecular weight excluding hydrogens is 298 g/mol. The van der Waals surface area contributed by atoms with E-state index in [1.54, 1.807) is 0 Å². The maximum absolute atomic E-state index is 5.14. The number of ether oxygens (including phenoxy) is 1. The summed E-state index contributed by atoms with van der Waals surface area (Å²) in [6.07, 6.45) is 5.66. The Morgan fingerprint density at radius 1 is 0.542 bits per heavy atom. The summed E-state index contributed by atoms with van der Waals surface area (Å²) in [5, 5.41) is 0. The topological polar surface area (TPSA) is 19.0 Å². The molecule has 4 heteroatoms. The molecule has 0 atom stereocenters. The van der Waals surface area contributed by atoms with Gasteiger partial charge in [0.15, 0.2) is 0 Å². The third-order valence-corrected chi connectivity index (χ3v) is 5.25. The molecule has 24 heavy (non-hydrogen) atoms. The van der Waals surface area contributed by atoms with Gasteiger partial charge in [-0.05, 0) is 93.4 Å². The quantitative estimate of drug-likeness (QED) is 0.779. The van der Waals surface area contributed by atoms with E-state index in [0.717, 1.165) is 32.0 Å². The number of hydrogen-bond donors (Lipinski definition) is 0. The van der Waals surface area contributed by atoms with Gasteiger partial charge in [-0.3, -0.25) is 4.90 Å². The molecule has 0 bridgehead atoms. The summed E-state index contributed by atoms with van der Waals surface area (Å²) < 4.78 is 5.14. The average molecular weight is 342 g/mol. The minimum Gasteiger partial charge on any atom is -0.365 e. The van der Waals surface area contributed by atoms with E-state index in [-0.39, 0.29) is 0 Å². The standard InChI is InChI=1S/2C7H15N.C6H13NO/c2*1-7(2)8-5-3-4-6-8;1-6(2)7-3-4-8-5-7/h2*7H,3-6H2,1-2H3;6H,3-5H2,1-2H3. The van der Waals surface area contributed by atoms with Gasteiger partial charge in [-0.25, -0.2) is 0 Å². The minimum absolute atomic E-state index is 0.650. The molecule has 0 spiro atoms. The first-order valence-corrected chi connectivity index (χ1v) is 10.2. The van der Waals surface area contributed by atoms with Crippen LogP contribution in [0.1, 0.15) is 67.2 Å². The van der Waals surface area contributed by atoms with Crippen molar-refractivity contribution in [3.8, 4) is 0 Å². The van der Waals surface area contributed by atoms with E-state index in [2.05, 4.69) is 56.2 Å². The first kappa shape index (κ1) is 21.9. The van der Waals surface area contributed by atoms with E-state index in [9.17, 15) is 0 Å². The summed E-state index contributed by atoms with van der Waals surface area (Å²) in [4.78, 5) is 7.36. The van der Waals surface area contributed by atoms with E-state index in [1.165, 1.54) is 51.9 Å². The summed E-state index contributed by atoms with van der Waals surface area (Å²) in [7, 11) is 0. The summed E-state index contributed by atoms with van der Waals surface area (Å²) in [5.41, 5.74) is 0. The van der Waals surface area contributed by atoms with Crippen LogP contribution in [0.5, 0.6) is 0 Å². The molecule has 0 saturated carbocycles. The zero-order chi connectivity index (χ0) is 17.9. The smallest absolute Gasteiger partial charge is 0.0993 e. The van der Waals surface area contributed by atoms with Gasteiger partial charge >= 0.3 is 0 Å². The van der Waals surface area contributed by atoms with Crippen molar-refractivity contribution in [3.63, 3.8) is 0 Å². The second-order valence-electron chi connectivity index (χ2n) is 8.12. The fourth-order valence-corrected chi connectivity index (χ4v) is 3.35. The molecule has 0 aromatic heterocycles. The van der Waals surface area contributed by atoms with Crippen LogP contribution in [0, 0.1) is 0 Å². The van der Waals surface area contributed by atoms with Crippen molar-refractivity contribution in [2.24, 2.45) is 0 Å². The van der Waals surface area contributed by atoms with Gasteiger partial charge in [0.2, 0.25) is 0 Å². The van der Waals surface area contributed by atoms with E-state index in [1.807, 2.05) is 0 Å². The van der Waals surface area contributed by atoms with Crippen LogP contribution in [0.15, 0.2) is 0 Å². The lowest BCUT2D eigenvalue weighted by molar-refractivity contribution is 0.124. The fraction of sp³-hybridized carbons (Fsp3) is 1.00. The molecule has 0 aliphatic carbocycles. The molecule has 3 aliphatic heterocycles. The molecule has 0 aromatic carbocycles. The Morgan fingerprint density at radius 2 is 0.917 bits per heavy atom. The van der Waals surface area contributed by atoms with Crippen molar-refractivity contribution in [2.45, 2.75) is 85.4 Å². The predicted octanol–water partition coefficient (Wildman–Crippen LogP) is 3.67. The number of likely N-dealkylation sites (tertiary alicyclic amines) is 2. The van der Waals surface area contributed by atoms with Gasteiger partial charge in [0.25, 0.3) is 0 Å². The first-order valence-electron chi connectivity index (χ1n) is 10.2. The van der Waals surface area contributed by atoms with E-state index < -0.39 is 0 Å². The zero-order valence-electron chi connectivity index (χ0n) is 17.3. The SMILES string of the molecule is CC(C)N1CCCC1.CC(C)N1CCCC1.CC(C)N1CCOC1. The number of hydrogen-bond acceptors (Lipinski definition) is 4. The molecule has 3 rings (SSSR count). The summed E-state index contributed by atoms with van der Waals surface area (Å²) in [6, 6.07) is 2.20. The number of rotatable bonds is 3. The monoisotopic (exact) mass is 341 g/mol. The lowest BCUT2D eigenvalue weighted by atomic mass is 10.3. The summed E-state index contributed by atoms with van der Waals surface area (Å²) >= 11 is 0. The van der Waals surface area contributed by atoms with Crippen molar-refractivity contribution < 1.29 is 4.74 Å². The van der Waals surface area contributed by atoms with Crippen LogP contribution < -0.4 is 0 Å². The molecule has 0 radical (unpaired) electrons. The molecular formula is C20H43N3O. The van der Waals surface area contributed by atoms with Gasteiger partial charge in [-0.1, -0.05) is 0 Å². The van der Waals surface area contributed by atoms with Crippen molar-refractivity contribution in [1.82, 2.24) is 14.7 Å². The Hall–Kier alpha value is -0.160. The minimum atomic E-state index is 0.650. The first-order chi connectivity index (χ1) is 11.4. The van der Waals surface area contributed by atoms with Crippen LogP contribution in [0.25, 0.3) is 0 Å². The highest BCUT2D eigenvalue weighted by Gasteiger charge is 2.14. The highest BCUT2D eigenvalue weighted by atomic mass is 16.5. The lowest BCUT2D eigenvalue weighted by Crippen LogP contribution is -2.27. The number of nitrogens with zero attached hydrogens (tertiary/aromatic N) is 3. The molecule has 0 N–H and O–H groups in total. The zero-order valence-corrected chi connectivity index (χ0v) is 17.3. The van der Waals surface area contributed by atoms with Crippen LogP contribution in [0.2, 0.25) is 0 Å². The van der Waals surface area contributed by atoms with Gasteiger partial charge in [0, 0.05) is 24.7 Å². The molecule has 0 amide bonds. The molecule has 4 nitrogen and oxygen atoms in total. The molecule has 3 fully saturated rings. The normalized spacial score (nSPS) is 22.9. The lowest BCUT2D eigenvalue weighted by Gasteiger charge is -2.18. The van der Waals surface area contributed by atoms with Crippen LogP contribution in [0.3, 0.4) is 0 Å². The van der Waals surface area contributed by atoms with Crippen LogP contribution in [0.4, 0.5) is 0 Å². The van der Waals surface area contributed by atoms with Gasteiger partial charge in [-0.15, -0.1) is 0 Å². The molecule has 0 unspecified atom stereocenters. The van der Waals surface area contributed by atoms with Crippen LogP contribution in [-0.2, 0) is 4.74 Å². The maximum Gasteiger partial charge on any atom is 0.0993 e. The molecule has 3 saturated heterocycles. The van der Waals surface area contributed by atoms with E-state index in [0.29, 0.717) is 6.04 Å². The van der Waals surface area contributed by atoms with Crippen LogP contribution in [-0.4, -0.2) is 78.9 Å². The Morgan fingerprint density at radius 3 is 1.08 bits per heavy atom. The van der Waals surface area contributed by atoms with Gasteiger partial charge in [0.1, 0.15) is 0 Å². The average Bonchev–Trinajstić information content (AvgIpc) is 3.29. The fourth-order valence-electron chi connectivity index (χ4n) is 3.35. The summed E-state index contributed by atoms with van der Waals surface area (Å²) in [5.74, 6) is 0. The molecule has 3 heterocycles. The third-order valence-electron chi connectivity index (χ3n) is 5.25. The van der Waals surface area contributed by atoms with E-state index in [4.69, 9.17) is 4.74 Å². The van der Waals surface area contributed by atoms with E-state index >= 15 is 0 Å². The van der Waals surface area contributed by atoms with Gasteiger partial charge in [-0.2, -0.15) is 0 Å². The van der Waals surface area contributed by atoms with Crippen molar-refractivity contribution in [1.29, 1.82) is 0 Å². The van der Waals surface area contributed by atoms with Gasteiger partial charge < -0.3 is 14.5 Å². The third kappa shape index (κ3) is 8.80. The van der Waals surface area contributed by atoms with Crippen molar-refractivity contribution in [2.75, 3.05) is 46.1 Å².